The van der Waals surface area contributed by atoms with E-state index in [9.17, 15) is 4.79 Å². The maximum atomic E-state index is 10.9. The summed E-state index contributed by atoms with van der Waals surface area (Å²) < 4.78 is 1.31. The number of benzene rings is 1. The molecule has 0 saturated carbocycles. The normalized spacial score (nSPS) is 15.5. The van der Waals surface area contributed by atoms with Crippen molar-refractivity contribution in [1.29, 1.82) is 0 Å². The summed E-state index contributed by atoms with van der Waals surface area (Å²) in [5.74, 6) is 0.156. The van der Waals surface area contributed by atoms with Crippen LogP contribution >= 0.6 is 0 Å². The number of carbonyl (C=O) groups excluding carboxylic acids is 1. The second kappa shape index (κ2) is 2.68. The zero-order chi connectivity index (χ0) is 7.68. The van der Waals surface area contributed by atoms with E-state index in [1.165, 1.54) is 4.46 Å². The van der Waals surface area contributed by atoms with Crippen molar-refractivity contribution in [2.24, 2.45) is 0 Å². The van der Waals surface area contributed by atoms with Crippen LogP contribution in [-0.2, 0) is 4.79 Å². The molecule has 1 heterocycles. The molecule has 0 fully saturated rings. The number of amides is 1. The molecule has 0 bridgehead atoms. The van der Waals surface area contributed by atoms with Gasteiger partial charge in [0.2, 0.25) is 0 Å². The molecule has 0 atom stereocenters. The number of anilines is 1. The molecule has 0 radical (unpaired) electrons. The quantitative estimate of drug-likeness (QED) is 0.619. The van der Waals surface area contributed by atoms with Gasteiger partial charge in [-0.1, -0.05) is 0 Å². The van der Waals surface area contributed by atoms with Crippen LogP contribution in [0.5, 0.6) is 0 Å². The Kier molecular flexibility index (Phi) is 1.68. The number of nitrogens with one attached hydrogen (secondary N) is 1. The van der Waals surface area contributed by atoms with Crippen LogP contribution in [0.1, 0.15) is 0 Å². The van der Waals surface area contributed by atoms with Gasteiger partial charge in [-0.2, -0.15) is 0 Å². The molecule has 1 amide bonds. The number of rotatable bonds is 0. The fourth-order valence-corrected chi connectivity index (χ4v) is 2.72. The van der Waals surface area contributed by atoms with Gasteiger partial charge in [0.25, 0.3) is 0 Å². The standard InChI is InChI=1S/C8H7NOSe/c10-8-5-11-7-4-2-1-3-6(7)9-8/h1-4H,5H2,(H,9,10). The van der Waals surface area contributed by atoms with Crippen molar-refractivity contribution in [1.82, 2.24) is 0 Å². The number of para-hydroxylation sites is 1. The van der Waals surface area contributed by atoms with Crippen LogP contribution in [0, 0.1) is 0 Å². The zero-order valence-corrected chi connectivity index (χ0v) is 7.55. The number of carbonyl (C=O) groups is 1. The molecule has 3 heteroatoms. The van der Waals surface area contributed by atoms with Gasteiger partial charge in [0, 0.05) is 0 Å². The van der Waals surface area contributed by atoms with Gasteiger partial charge >= 0.3 is 70.7 Å². The summed E-state index contributed by atoms with van der Waals surface area (Å²) in [5, 5.41) is 3.52. The fourth-order valence-electron chi connectivity index (χ4n) is 1.03. The number of hydrogen-bond donors (Lipinski definition) is 1. The molecule has 0 unspecified atom stereocenters. The molecular weight excluding hydrogens is 205 g/mol. The molecule has 1 aliphatic rings. The molecule has 2 nitrogen and oxygen atoms in total. The van der Waals surface area contributed by atoms with Crippen molar-refractivity contribution in [2.75, 3.05) is 5.32 Å². The van der Waals surface area contributed by atoms with Gasteiger partial charge in [0.15, 0.2) is 0 Å². The first-order chi connectivity index (χ1) is 5.36. The average molecular weight is 212 g/mol. The summed E-state index contributed by atoms with van der Waals surface area (Å²) in [4.78, 5) is 10.9. The van der Waals surface area contributed by atoms with Crippen LogP contribution in [-0.4, -0.2) is 20.9 Å². The van der Waals surface area contributed by atoms with E-state index < -0.39 is 0 Å². The maximum absolute atomic E-state index is 10.9. The van der Waals surface area contributed by atoms with Gasteiger partial charge in [-0.15, -0.1) is 0 Å². The van der Waals surface area contributed by atoms with E-state index >= 15 is 0 Å². The molecule has 1 aromatic rings. The van der Waals surface area contributed by atoms with E-state index in [1.807, 2.05) is 18.2 Å². The summed E-state index contributed by atoms with van der Waals surface area (Å²) in [6, 6.07) is 7.99. The predicted molar refractivity (Wildman–Crippen MR) is 45.3 cm³/mol. The molecule has 56 valence electrons. The van der Waals surface area contributed by atoms with E-state index in [0.29, 0.717) is 20.3 Å². The fraction of sp³-hybridized carbons (Fsp3) is 0.125. The second-order valence-electron chi connectivity index (χ2n) is 2.33. The van der Waals surface area contributed by atoms with E-state index in [-0.39, 0.29) is 5.91 Å². The van der Waals surface area contributed by atoms with E-state index in [0.717, 1.165) is 5.69 Å². The topological polar surface area (TPSA) is 29.1 Å². The van der Waals surface area contributed by atoms with Crippen LogP contribution in [0.4, 0.5) is 5.69 Å². The first-order valence-electron chi connectivity index (χ1n) is 3.38. The first-order valence-corrected chi connectivity index (χ1v) is 5.45. The third-order valence-electron chi connectivity index (χ3n) is 1.52. The van der Waals surface area contributed by atoms with E-state index in [1.54, 1.807) is 0 Å². The molecule has 11 heavy (non-hydrogen) atoms. The Labute approximate surface area is 71.1 Å². The monoisotopic (exact) mass is 213 g/mol. The Hall–Kier alpha value is -0.791. The Morgan fingerprint density at radius 1 is 1.36 bits per heavy atom. The van der Waals surface area contributed by atoms with Crippen molar-refractivity contribution >= 4 is 31.0 Å². The van der Waals surface area contributed by atoms with E-state index in [2.05, 4.69) is 11.4 Å². The zero-order valence-electron chi connectivity index (χ0n) is 5.83. The van der Waals surface area contributed by atoms with Gasteiger partial charge in [-0.25, -0.2) is 0 Å². The van der Waals surface area contributed by atoms with Crippen LogP contribution in [0.15, 0.2) is 24.3 Å². The van der Waals surface area contributed by atoms with Gasteiger partial charge in [0.1, 0.15) is 0 Å². The molecule has 1 aliphatic heterocycles. The minimum absolute atomic E-state index is 0.156. The predicted octanol–water partition coefficient (Wildman–Crippen LogP) is 0.387. The SMILES string of the molecule is O=C1C[Se]c2ccccc2N1. The Balaban J connectivity index is 2.41. The van der Waals surface area contributed by atoms with Gasteiger partial charge in [-0.3, -0.25) is 0 Å². The summed E-state index contributed by atoms with van der Waals surface area (Å²) >= 11 is 0.346. The number of hydrogen-bond acceptors (Lipinski definition) is 1. The van der Waals surface area contributed by atoms with Crippen molar-refractivity contribution in [3.05, 3.63) is 24.3 Å². The Morgan fingerprint density at radius 2 is 2.18 bits per heavy atom. The molecule has 0 spiro atoms. The molecule has 1 N–H and O–H groups in total. The summed E-state index contributed by atoms with van der Waals surface area (Å²) in [7, 11) is 0. The molecule has 2 rings (SSSR count). The Bertz CT molecular complexity index is 298. The van der Waals surface area contributed by atoms with E-state index in [4.69, 9.17) is 0 Å². The van der Waals surface area contributed by atoms with Gasteiger partial charge in [-0.05, 0) is 0 Å². The van der Waals surface area contributed by atoms with Crippen molar-refractivity contribution in [2.45, 2.75) is 5.32 Å². The van der Waals surface area contributed by atoms with Gasteiger partial charge in [0.05, 0.1) is 0 Å². The average Bonchev–Trinajstić information content (AvgIpc) is 2.04. The van der Waals surface area contributed by atoms with Crippen molar-refractivity contribution in [3.8, 4) is 0 Å². The summed E-state index contributed by atoms with van der Waals surface area (Å²) in [6.45, 7) is 0. The van der Waals surface area contributed by atoms with Crippen LogP contribution < -0.4 is 9.78 Å². The molecule has 1 aromatic carbocycles. The molecule has 0 aliphatic carbocycles. The molecule has 0 aromatic heterocycles. The van der Waals surface area contributed by atoms with Crippen LogP contribution in [0.2, 0.25) is 5.32 Å². The second-order valence-corrected chi connectivity index (χ2v) is 4.47. The minimum atomic E-state index is 0.156. The van der Waals surface area contributed by atoms with Gasteiger partial charge < -0.3 is 0 Å². The summed E-state index contributed by atoms with van der Waals surface area (Å²) in [5.41, 5.74) is 1.00. The third-order valence-corrected chi connectivity index (χ3v) is 3.77. The summed E-state index contributed by atoms with van der Waals surface area (Å²) in [6.07, 6.45) is 0. The molecular formula is C8H7NOSe. The molecule has 0 saturated heterocycles. The van der Waals surface area contributed by atoms with Crippen molar-refractivity contribution in [3.63, 3.8) is 0 Å². The Morgan fingerprint density at radius 3 is 3.09 bits per heavy atom. The van der Waals surface area contributed by atoms with Crippen LogP contribution in [0.25, 0.3) is 0 Å². The number of fused-ring (bicyclic) bond motifs is 1. The first kappa shape index (κ1) is 6.89. The van der Waals surface area contributed by atoms with Crippen molar-refractivity contribution < 1.29 is 4.79 Å². The van der Waals surface area contributed by atoms with Crippen LogP contribution in [0.3, 0.4) is 0 Å². The third kappa shape index (κ3) is 1.30.